The molecule has 0 amide bonds. The Morgan fingerprint density at radius 1 is 1.04 bits per heavy atom. The van der Waals surface area contributed by atoms with Crippen molar-refractivity contribution in [1.82, 2.24) is 0 Å². The van der Waals surface area contributed by atoms with Gasteiger partial charge in [-0.1, -0.05) is 29.3 Å². The second kappa shape index (κ2) is 7.15. The molecule has 5 nitrogen and oxygen atoms in total. The van der Waals surface area contributed by atoms with Gasteiger partial charge in [-0.25, -0.2) is 8.42 Å². The first-order valence-corrected chi connectivity index (χ1v) is 9.61. The Morgan fingerprint density at radius 2 is 1.76 bits per heavy atom. The van der Waals surface area contributed by atoms with Crippen molar-refractivity contribution in [3.63, 3.8) is 0 Å². The van der Waals surface area contributed by atoms with Crippen molar-refractivity contribution in [2.24, 2.45) is 0 Å². The van der Waals surface area contributed by atoms with E-state index in [1.54, 1.807) is 18.2 Å². The van der Waals surface area contributed by atoms with Crippen LogP contribution in [-0.2, 0) is 10.0 Å². The van der Waals surface area contributed by atoms with Gasteiger partial charge in [0.05, 0.1) is 27.2 Å². The molecule has 0 atom stereocenters. The van der Waals surface area contributed by atoms with E-state index in [9.17, 15) is 8.42 Å². The maximum absolute atomic E-state index is 13.1. The number of nitrogens with zero attached hydrogens (tertiary/aromatic N) is 1. The SMILES string of the molecule is C=CCN(c1ccc(Cl)c(Cl)c1)S(=O)(=O)c1ccc2c(c1)OCCO2. The van der Waals surface area contributed by atoms with Crippen molar-refractivity contribution >= 4 is 38.9 Å². The predicted octanol–water partition coefficient (Wildman–Crippen LogP) is 4.15. The molecule has 1 aliphatic rings. The van der Waals surface area contributed by atoms with Crippen molar-refractivity contribution in [3.8, 4) is 11.5 Å². The van der Waals surface area contributed by atoms with Crippen molar-refractivity contribution in [1.29, 1.82) is 0 Å². The molecule has 0 spiro atoms. The van der Waals surface area contributed by atoms with Crippen LogP contribution >= 0.6 is 23.2 Å². The summed E-state index contributed by atoms with van der Waals surface area (Å²) >= 11 is 12.0. The van der Waals surface area contributed by atoms with Gasteiger partial charge in [0, 0.05) is 6.07 Å². The van der Waals surface area contributed by atoms with Crippen LogP contribution in [0.25, 0.3) is 0 Å². The van der Waals surface area contributed by atoms with Crippen LogP contribution in [0.3, 0.4) is 0 Å². The summed E-state index contributed by atoms with van der Waals surface area (Å²) in [6.45, 7) is 4.52. The molecule has 0 radical (unpaired) electrons. The highest BCUT2D eigenvalue weighted by molar-refractivity contribution is 7.92. The summed E-state index contributed by atoms with van der Waals surface area (Å²) in [4.78, 5) is 0.0877. The van der Waals surface area contributed by atoms with E-state index in [4.69, 9.17) is 32.7 Å². The van der Waals surface area contributed by atoms with Gasteiger partial charge in [-0.05, 0) is 30.3 Å². The van der Waals surface area contributed by atoms with Gasteiger partial charge in [0.15, 0.2) is 11.5 Å². The van der Waals surface area contributed by atoms with Crippen LogP contribution in [0.4, 0.5) is 5.69 Å². The molecule has 0 saturated heterocycles. The van der Waals surface area contributed by atoms with E-state index in [2.05, 4.69) is 6.58 Å². The average molecular weight is 400 g/mol. The van der Waals surface area contributed by atoms with Gasteiger partial charge in [0.1, 0.15) is 13.2 Å². The maximum Gasteiger partial charge on any atom is 0.264 e. The molecular formula is C17H15Cl2NO4S. The molecule has 0 aromatic heterocycles. The lowest BCUT2D eigenvalue weighted by Gasteiger charge is -2.25. The number of hydrogen-bond acceptors (Lipinski definition) is 4. The zero-order valence-electron chi connectivity index (χ0n) is 13.1. The van der Waals surface area contributed by atoms with E-state index >= 15 is 0 Å². The van der Waals surface area contributed by atoms with Gasteiger partial charge in [-0.2, -0.15) is 0 Å². The molecule has 0 N–H and O–H groups in total. The van der Waals surface area contributed by atoms with Crippen molar-refractivity contribution in [2.45, 2.75) is 4.90 Å². The number of sulfonamides is 1. The number of anilines is 1. The van der Waals surface area contributed by atoms with Crippen LogP contribution in [0, 0.1) is 0 Å². The van der Waals surface area contributed by atoms with Gasteiger partial charge in [-0.15, -0.1) is 6.58 Å². The van der Waals surface area contributed by atoms with Crippen molar-refractivity contribution in [3.05, 3.63) is 59.1 Å². The predicted molar refractivity (Wildman–Crippen MR) is 98.6 cm³/mol. The lowest BCUT2D eigenvalue weighted by atomic mass is 10.3. The first kappa shape index (κ1) is 17.9. The number of benzene rings is 2. The monoisotopic (exact) mass is 399 g/mol. The van der Waals surface area contributed by atoms with Crippen molar-refractivity contribution < 1.29 is 17.9 Å². The van der Waals surface area contributed by atoms with Crippen LogP contribution in [0.1, 0.15) is 0 Å². The molecular weight excluding hydrogens is 385 g/mol. The summed E-state index contributed by atoms with van der Waals surface area (Å²) in [5, 5.41) is 0.617. The smallest absolute Gasteiger partial charge is 0.264 e. The first-order chi connectivity index (χ1) is 11.9. The zero-order chi connectivity index (χ0) is 18.0. The van der Waals surface area contributed by atoms with Crippen LogP contribution in [-0.4, -0.2) is 28.2 Å². The summed E-state index contributed by atoms with van der Waals surface area (Å²) < 4.78 is 38.3. The van der Waals surface area contributed by atoms with E-state index in [1.807, 2.05) is 0 Å². The molecule has 2 aromatic carbocycles. The molecule has 2 aromatic rings. The minimum absolute atomic E-state index is 0.0781. The van der Waals surface area contributed by atoms with Gasteiger partial charge in [0.25, 0.3) is 10.0 Å². The Morgan fingerprint density at radius 3 is 2.44 bits per heavy atom. The molecule has 3 rings (SSSR count). The Balaban J connectivity index is 2.05. The number of hydrogen-bond donors (Lipinski definition) is 0. The highest BCUT2D eigenvalue weighted by Gasteiger charge is 2.26. The highest BCUT2D eigenvalue weighted by atomic mass is 35.5. The second-order valence-corrected chi connectivity index (χ2v) is 7.91. The Labute approximate surface area is 156 Å². The summed E-state index contributed by atoms with van der Waals surface area (Å²) in [5.41, 5.74) is 0.393. The van der Waals surface area contributed by atoms with Gasteiger partial charge in [0.2, 0.25) is 0 Å². The number of ether oxygens (including phenoxy) is 2. The van der Waals surface area contributed by atoms with Gasteiger partial charge >= 0.3 is 0 Å². The van der Waals surface area contributed by atoms with Crippen LogP contribution in [0.5, 0.6) is 11.5 Å². The normalized spacial score (nSPS) is 13.4. The molecule has 0 saturated carbocycles. The molecule has 0 aliphatic carbocycles. The standard InChI is InChI=1S/C17H15Cl2NO4S/c1-2-7-20(12-3-5-14(18)15(19)10-12)25(21,22)13-4-6-16-17(11-13)24-9-8-23-16/h2-6,10-11H,1,7-9H2. The lowest BCUT2D eigenvalue weighted by molar-refractivity contribution is 0.171. The number of rotatable bonds is 5. The van der Waals surface area contributed by atoms with Crippen molar-refractivity contribution in [2.75, 3.05) is 24.1 Å². The van der Waals surface area contributed by atoms with Gasteiger partial charge in [-0.3, -0.25) is 4.31 Å². The molecule has 1 heterocycles. The lowest BCUT2D eigenvalue weighted by Crippen LogP contribution is -2.31. The highest BCUT2D eigenvalue weighted by Crippen LogP contribution is 2.35. The van der Waals surface area contributed by atoms with E-state index < -0.39 is 10.0 Å². The third kappa shape index (κ3) is 3.56. The number of halogens is 2. The summed E-state index contributed by atoms with van der Waals surface area (Å²) in [6, 6.07) is 9.17. The summed E-state index contributed by atoms with van der Waals surface area (Å²) in [6.07, 6.45) is 1.50. The third-order valence-corrected chi connectivity index (χ3v) is 6.12. The van der Waals surface area contributed by atoms with Gasteiger partial charge < -0.3 is 9.47 Å². The number of fused-ring (bicyclic) bond motifs is 1. The van der Waals surface area contributed by atoms with Crippen LogP contribution < -0.4 is 13.8 Å². The molecule has 0 bridgehead atoms. The van der Waals surface area contributed by atoms with E-state index in [1.165, 1.54) is 28.6 Å². The Kier molecular flexibility index (Phi) is 5.13. The molecule has 132 valence electrons. The largest absolute Gasteiger partial charge is 0.486 e. The Bertz CT molecular complexity index is 915. The van der Waals surface area contributed by atoms with Crippen LogP contribution in [0.15, 0.2) is 53.9 Å². The minimum Gasteiger partial charge on any atom is -0.486 e. The second-order valence-electron chi connectivity index (χ2n) is 5.23. The van der Waals surface area contributed by atoms with E-state index in [0.29, 0.717) is 35.4 Å². The molecule has 25 heavy (non-hydrogen) atoms. The quantitative estimate of drug-likeness (QED) is 0.708. The molecule has 0 unspecified atom stereocenters. The summed E-state index contributed by atoms with van der Waals surface area (Å²) in [5.74, 6) is 0.926. The van der Waals surface area contributed by atoms with Crippen LogP contribution in [0.2, 0.25) is 10.0 Å². The van der Waals surface area contributed by atoms with E-state index in [-0.39, 0.29) is 16.5 Å². The zero-order valence-corrected chi connectivity index (χ0v) is 15.4. The fraction of sp³-hybridized carbons (Fsp3) is 0.176. The maximum atomic E-state index is 13.1. The Hall–Kier alpha value is -1.89. The molecule has 8 heteroatoms. The molecule has 1 aliphatic heterocycles. The first-order valence-electron chi connectivity index (χ1n) is 7.42. The fourth-order valence-electron chi connectivity index (χ4n) is 2.41. The van der Waals surface area contributed by atoms with E-state index in [0.717, 1.165) is 0 Å². The third-order valence-electron chi connectivity index (χ3n) is 3.59. The minimum atomic E-state index is -3.85. The summed E-state index contributed by atoms with van der Waals surface area (Å²) in [7, 11) is -3.85. The topological polar surface area (TPSA) is 55.8 Å². The average Bonchev–Trinajstić information content (AvgIpc) is 2.61. The fourth-order valence-corrected chi connectivity index (χ4v) is 4.15. The molecule has 0 fully saturated rings.